The average molecular weight is 292 g/mol. The highest BCUT2D eigenvalue weighted by Gasteiger charge is 2.33. The Morgan fingerprint density at radius 3 is 2.90 bits per heavy atom. The van der Waals surface area contributed by atoms with E-state index in [-0.39, 0.29) is 11.6 Å². The van der Waals surface area contributed by atoms with Crippen LogP contribution in [0.3, 0.4) is 0 Å². The number of para-hydroxylation sites is 1. The molecule has 1 heterocycles. The number of hydrogen-bond acceptors (Lipinski definition) is 4. The van der Waals surface area contributed by atoms with E-state index in [4.69, 9.17) is 15.2 Å². The summed E-state index contributed by atoms with van der Waals surface area (Å²) >= 11 is 0. The molecule has 2 N–H and O–H groups in total. The third kappa shape index (κ3) is 3.96. The van der Waals surface area contributed by atoms with Crippen molar-refractivity contribution < 1.29 is 9.47 Å². The molecular formula is C17H28N2O2. The third-order valence-electron chi connectivity index (χ3n) is 4.42. The van der Waals surface area contributed by atoms with Gasteiger partial charge in [0.2, 0.25) is 0 Å². The van der Waals surface area contributed by atoms with Crippen LogP contribution in [0.1, 0.15) is 25.8 Å². The fourth-order valence-electron chi connectivity index (χ4n) is 3.06. The molecule has 0 radical (unpaired) electrons. The molecule has 0 amide bonds. The largest absolute Gasteiger partial charge is 0.496 e. The summed E-state index contributed by atoms with van der Waals surface area (Å²) in [5, 5.41) is 0. The highest BCUT2D eigenvalue weighted by molar-refractivity contribution is 5.34. The van der Waals surface area contributed by atoms with Crippen molar-refractivity contribution in [2.75, 3.05) is 33.4 Å². The zero-order valence-electron chi connectivity index (χ0n) is 13.5. The van der Waals surface area contributed by atoms with Crippen LogP contribution in [0, 0.1) is 0 Å². The number of ether oxygens (including phenoxy) is 2. The van der Waals surface area contributed by atoms with E-state index in [1.54, 1.807) is 7.11 Å². The topological polar surface area (TPSA) is 47.7 Å². The molecule has 1 aromatic rings. The van der Waals surface area contributed by atoms with Crippen molar-refractivity contribution in [2.24, 2.45) is 5.73 Å². The summed E-state index contributed by atoms with van der Waals surface area (Å²) < 4.78 is 11.2. The van der Waals surface area contributed by atoms with E-state index < -0.39 is 0 Å². The van der Waals surface area contributed by atoms with Gasteiger partial charge in [0, 0.05) is 31.8 Å². The molecule has 0 spiro atoms. The second kappa shape index (κ2) is 7.25. The Bertz CT molecular complexity index is 452. The maximum atomic E-state index is 6.15. The summed E-state index contributed by atoms with van der Waals surface area (Å²) in [6.45, 7) is 7.82. The molecule has 0 saturated carbocycles. The van der Waals surface area contributed by atoms with Gasteiger partial charge in [0.15, 0.2) is 0 Å². The molecule has 0 aromatic heterocycles. The van der Waals surface area contributed by atoms with Gasteiger partial charge in [-0.25, -0.2) is 0 Å². The smallest absolute Gasteiger partial charge is 0.122 e. The first kappa shape index (κ1) is 16.3. The predicted octanol–water partition coefficient (Wildman–Crippen LogP) is 2.07. The number of hydrogen-bond donors (Lipinski definition) is 1. The van der Waals surface area contributed by atoms with Crippen molar-refractivity contribution >= 4 is 0 Å². The van der Waals surface area contributed by atoms with Gasteiger partial charge in [0.1, 0.15) is 5.75 Å². The van der Waals surface area contributed by atoms with E-state index >= 15 is 0 Å². The summed E-state index contributed by atoms with van der Waals surface area (Å²) in [6.07, 6.45) is 2.21. The fraction of sp³-hybridized carbons (Fsp3) is 0.647. The van der Waals surface area contributed by atoms with Crippen molar-refractivity contribution in [3.8, 4) is 5.75 Å². The molecule has 1 fully saturated rings. The van der Waals surface area contributed by atoms with Crippen LogP contribution < -0.4 is 10.5 Å². The zero-order chi connectivity index (χ0) is 15.3. The van der Waals surface area contributed by atoms with E-state index in [0.717, 1.165) is 38.3 Å². The zero-order valence-corrected chi connectivity index (χ0v) is 13.5. The molecule has 118 valence electrons. The molecule has 4 nitrogen and oxygen atoms in total. The maximum absolute atomic E-state index is 6.15. The minimum atomic E-state index is -0.0728. The maximum Gasteiger partial charge on any atom is 0.122 e. The lowest BCUT2D eigenvalue weighted by Gasteiger charge is -2.41. The lowest BCUT2D eigenvalue weighted by atomic mass is 9.90. The van der Waals surface area contributed by atoms with E-state index in [1.165, 1.54) is 5.56 Å². The molecule has 1 aromatic carbocycles. The van der Waals surface area contributed by atoms with E-state index in [2.05, 4.69) is 30.9 Å². The Balaban J connectivity index is 2.19. The van der Waals surface area contributed by atoms with Gasteiger partial charge in [0.05, 0.1) is 13.2 Å². The van der Waals surface area contributed by atoms with Crippen molar-refractivity contribution in [1.29, 1.82) is 0 Å². The monoisotopic (exact) mass is 292 g/mol. The van der Waals surface area contributed by atoms with Crippen LogP contribution in [0.15, 0.2) is 24.3 Å². The minimum absolute atomic E-state index is 0.0728. The van der Waals surface area contributed by atoms with Crippen molar-refractivity contribution in [2.45, 2.75) is 38.3 Å². The summed E-state index contributed by atoms with van der Waals surface area (Å²) in [7, 11) is 1.72. The van der Waals surface area contributed by atoms with Crippen molar-refractivity contribution in [1.82, 2.24) is 4.90 Å². The predicted molar refractivity (Wildman–Crippen MR) is 85.8 cm³/mol. The molecule has 2 unspecified atom stereocenters. The molecule has 4 heteroatoms. The van der Waals surface area contributed by atoms with Crippen LogP contribution in [-0.2, 0) is 11.2 Å². The quantitative estimate of drug-likeness (QED) is 0.902. The number of rotatable bonds is 5. The van der Waals surface area contributed by atoms with E-state index in [9.17, 15) is 0 Å². The Morgan fingerprint density at radius 2 is 2.19 bits per heavy atom. The van der Waals surface area contributed by atoms with Gasteiger partial charge >= 0.3 is 0 Å². The van der Waals surface area contributed by atoms with Gasteiger partial charge in [-0.2, -0.15) is 0 Å². The molecule has 0 bridgehead atoms. The number of nitrogens with two attached hydrogens (primary N) is 1. The summed E-state index contributed by atoms with van der Waals surface area (Å²) in [4.78, 5) is 2.48. The van der Waals surface area contributed by atoms with Gasteiger partial charge in [-0.3, -0.25) is 4.90 Å². The lowest BCUT2D eigenvalue weighted by molar-refractivity contribution is 0.0428. The van der Waals surface area contributed by atoms with Gasteiger partial charge in [-0.15, -0.1) is 0 Å². The average Bonchev–Trinajstić information content (AvgIpc) is 2.72. The second-order valence-corrected chi connectivity index (χ2v) is 6.17. The highest BCUT2D eigenvalue weighted by Crippen LogP contribution is 2.27. The molecule has 1 saturated heterocycles. The molecule has 1 aliphatic rings. The van der Waals surface area contributed by atoms with Crippen molar-refractivity contribution in [3.63, 3.8) is 0 Å². The van der Waals surface area contributed by atoms with Gasteiger partial charge in [-0.05, 0) is 38.3 Å². The van der Waals surface area contributed by atoms with Gasteiger partial charge in [0.25, 0.3) is 0 Å². The van der Waals surface area contributed by atoms with Crippen molar-refractivity contribution in [3.05, 3.63) is 29.8 Å². The Hall–Kier alpha value is -1.10. The standard InChI is InChI=1S/C17H28N2O2/c1-14-12-19(9-6-10-21-14)17(2,13-18)11-15-7-4-5-8-16(15)20-3/h4-5,7-8,14H,6,9-13,18H2,1-3H3. The van der Waals surface area contributed by atoms with Crippen LogP contribution in [0.4, 0.5) is 0 Å². The number of nitrogens with zero attached hydrogens (tertiary/aromatic N) is 1. The third-order valence-corrected chi connectivity index (χ3v) is 4.42. The first-order valence-corrected chi connectivity index (χ1v) is 7.77. The van der Waals surface area contributed by atoms with Crippen LogP contribution in [0.2, 0.25) is 0 Å². The van der Waals surface area contributed by atoms with Crippen LogP contribution >= 0.6 is 0 Å². The summed E-state index contributed by atoms with van der Waals surface area (Å²) in [6, 6.07) is 8.21. The molecule has 21 heavy (non-hydrogen) atoms. The number of benzene rings is 1. The molecule has 2 atom stereocenters. The van der Waals surface area contributed by atoms with Crippen LogP contribution in [0.25, 0.3) is 0 Å². The molecular weight excluding hydrogens is 264 g/mol. The Morgan fingerprint density at radius 1 is 1.43 bits per heavy atom. The highest BCUT2D eigenvalue weighted by atomic mass is 16.5. The van der Waals surface area contributed by atoms with Gasteiger partial charge < -0.3 is 15.2 Å². The second-order valence-electron chi connectivity index (χ2n) is 6.17. The first-order valence-electron chi connectivity index (χ1n) is 7.77. The number of methoxy groups -OCH3 is 1. The first-order chi connectivity index (χ1) is 10.1. The van der Waals surface area contributed by atoms with Crippen LogP contribution in [-0.4, -0.2) is 49.9 Å². The molecule has 2 rings (SSSR count). The summed E-state index contributed by atoms with van der Waals surface area (Å²) in [5.74, 6) is 0.941. The van der Waals surface area contributed by atoms with Gasteiger partial charge in [-0.1, -0.05) is 18.2 Å². The SMILES string of the molecule is COc1ccccc1CC(C)(CN)N1CCCOC(C)C1. The van der Waals surface area contributed by atoms with E-state index in [1.807, 2.05) is 12.1 Å². The fourth-order valence-corrected chi connectivity index (χ4v) is 3.06. The van der Waals surface area contributed by atoms with E-state index in [0.29, 0.717) is 6.54 Å². The lowest BCUT2D eigenvalue weighted by Crippen LogP contribution is -2.55. The molecule has 0 aliphatic carbocycles. The molecule has 1 aliphatic heterocycles. The Kier molecular flexibility index (Phi) is 5.62. The normalized spacial score (nSPS) is 23.3. The Labute approximate surface area is 128 Å². The summed E-state index contributed by atoms with van der Waals surface area (Å²) in [5.41, 5.74) is 7.29. The minimum Gasteiger partial charge on any atom is -0.496 e. The van der Waals surface area contributed by atoms with Crippen LogP contribution in [0.5, 0.6) is 5.75 Å².